The third kappa shape index (κ3) is 2.00. The molecule has 0 aliphatic heterocycles. The molecule has 0 N–H and O–H groups in total. The van der Waals surface area contributed by atoms with Crippen molar-refractivity contribution in [2.45, 2.75) is 6.92 Å². The van der Waals surface area contributed by atoms with E-state index in [-0.39, 0.29) is 0 Å². The molecule has 0 heterocycles. The van der Waals surface area contributed by atoms with E-state index >= 15 is 0 Å². The quantitative estimate of drug-likeness (QED) is 0.666. The largest absolute Gasteiger partial charge is 0.0758 e. The summed E-state index contributed by atoms with van der Waals surface area (Å²) in [5, 5.41) is 1.28. The summed E-state index contributed by atoms with van der Waals surface area (Å²) in [4.78, 5) is 0. The molecule has 15 heavy (non-hydrogen) atoms. The fraction of sp³-hybridized carbons (Fsp3) is 0.0714. The van der Waals surface area contributed by atoms with E-state index in [1.807, 2.05) is 0 Å². The minimum Gasteiger partial charge on any atom is -0.0758 e. The van der Waals surface area contributed by atoms with E-state index in [9.17, 15) is 0 Å². The lowest BCUT2D eigenvalue weighted by Crippen LogP contribution is -1.97. The highest BCUT2D eigenvalue weighted by molar-refractivity contribution is 7.46. The molecule has 0 spiro atoms. The van der Waals surface area contributed by atoms with Crippen LogP contribution in [0.15, 0.2) is 48.5 Å². The molecule has 2 aromatic rings. The van der Waals surface area contributed by atoms with Crippen LogP contribution < -0.4 is 5.30 Å². The van der Waals surface area contributed by atoms with Crippen molar-refractivity contribution < 1.29 is 0 Å². The van der Waals surface area contributed by atoms with E-state index in [1.54, 1.807) is 0 Å². The predicted molar refractivity (Wildman–Crippen MR) is 70.3 cm³/mol. The Morgan fingerprint density at radius 3 is 2.13 bits per heavy atom. The van der Waals surface area contributed by atoms with Gasteiger partial charge in [-0.2, -0.15) is 0 Å². The summed E-state index contributed by atoms with van der Waals surface area (Å²) in [7, 11) is 1.07. The first-order chi connectivity index (χ1) is 7.33. The second kappa shape index (κ2) is 4.42. The van der Waals surface area contributed by atoms with Crippen LogP contribution in [0.25, 0.3) is 11.1 Å². The molecule has 2 aromatic carbocycles. The third-order valence-corrected chi connectivity index (χ3v) is 3.24. The number of aryl methyl sites for hydroxylation is 1. The van der Waals surface area contributed by atoms with E-state index in [0.29, 0.717) is 0 Å². The Balaban J connectivity index is 2.64. The van der Waals surface area contributed by atoms with Crippen molar-refractivity contribution in [1.29, 1.82) is 0 Å². The molecule has 0 saturated carbocycles. The second-order valence-corrected chi connectivity index (χ2v) is 4.29. The first kappa shape index (κ1) is 10.1. The van der Waals surface area contributed by atoms with Gasteiger partial charge >= 0.3 is 0 Å². The van der Waals surface area contributed by atoms with E-state index < -0.39 is 0 Å². The van der Waals surface area contributed by atoms with Crippen LogP contribution in [0.3, 0.4) is 0 Å². The maximum Gasteiger partial charge on any atom is 0.00906 e. The van der Waals surface area contributed by atoms with Crippen molar-refractivity contribution >= 4 is 19.8 Å². The van der Waals surface area contributed by atoms with Gasteiger partial charge in [0.2, 0.25) is 0 Å². The second-order valence-electron chi connectivity index (χ2n) is 3.49. The van der Waals surface area contributed by atoms with Crippen LogP contribution in [0, 0.1) is 6.92 Å². The van der Waals surface area contributed by atoms with Gasteiger partial charge in [0.25, 0.3) is 0 Å². The summed E-state index contributed by atoms with van der Waals surface area (Å²) in [5.41, 5.74) is 3.92. The van der Waals surface area contributed by atoms with Gasteiger partial charge in [-0.15, -0.1) is 0 Å². The Kier molecular flexibility index (Phi) is 2.99. The van der Waals surface area contributed by atoms with E-state index in [1.165, 1.54) is 22.0 Å². The Morgan fingerprint density at radius 2 is 1.47 bits per heavy atom. The van der Waals surface area contributed by atoms with Crippen molar-refractivity contribution in [3.63, 3.8) is 0 Å². The van der Waals surface area contributed by atoms with Crippen molar-refractivity contribution in [3.8, 4) is 11.1 Å². The molecule has 0 fully saturated rings. The molecule has 0 nitrogen and oxygen atoms in total. The first-order valence-electron chi connectivity index (χ1n) is 4.94. The average molecular weight is 212 g/mol. The highest BCUT2D eigenvalue weighted by atomic mass is 31.1. The molecule has 2 rings (SSSR count). The lowest BCUT2D eigenvalue weighted by Gasteiger charge is -2.08. The molecule has 0 radical (unpaired) electrons. The smallest absolute Gasteiger partial charge is 0.00906 e. The average Bonchev–Trinajstić information content (AvgIpc) is 2.30. The van der Waals surface area contributed by atoms with Crippen LogP contribution in [0.5, 0.6) is 0 Å². The Hall–Kier alpha value is -1.39. The molecule has 0 atom stereocenters. The van der Waals surface area contributed by atoms with Gasteiger partial charge in [0.15, 0.2) is 0 Å². The molecule has 74 valence electrons. The molecule has 0 aliphatic rings. The van der Waals surface area contributed by atoms with Crippen LogP contribution in [-0.4, -0.2) is 6.30 Å². The van der Waals surface area contributed by atoms with Crippen LogP contribution in [0.2, 0.25) is 0 Å². The monoisotopic (exact) mass is 212 g/mol. The molecular formula is C14H13P. The van der Waals surface area contributed by atoms with E-state index in [2.05, 4.69) is 61.8 Å². The number of benzene rings is 2. The van der Waals surface area contributed by atoms with Gasteiger partial charge in [-0.3, -0.25) is 0 Å². The molecule has 1 heteroatoms. The Morgan fingerprint density at radius 1 is 0.867 bits per heavy atom. The zero-order chi connectivity index (χ0) is 10.7. The Bertz CT molecular complexity index is 486. The zero-order valence-corrected chi connectivity index (χ0v) is 9.67. The van der Waals surface area contributed by atoms with E-state index in [4.69, 9.17) is 0 Å². The van der Waals surface area contributed by atoms with Crippen molar-refractivity contribution in [2.24, 2.45) is 0 Å². The van der Waals surface area contributed by atoms with Gasteiger partial charge in [0, 0.05) is 5.30 Å². The molecule has 0 saturated heterocycles. The lowest BCUT2D eigenvalue weighted by atomic mass is 10.0. The van der Waals surface area contributed by atoms with E-state index in [0.717, 1.165) is 8.20 Å². The van der Waals surface area contributed by atoms with Crippen molar-refractivity contribution in [3.05, 3.63) is 54.1 Å². The van der Waals surface area contributed by atoms with Gasteiger partial charge in [0.05, 0.1) is 0 Å². The fourth-order valence-corrected chi connectivity index (χ4v) is 2.27. The standard InChI is InChI=1S/C14H13P/c1-11-7-3-4-8-12(11)13-9-5-6-10-14(13)15-2/h3-10H,2H2,1H3. The molecular weight excluding hydrogens is 199 g/mol. The van der Waals surface area contributed by atoms with Crippen LogP contribution >= 0.6 is 8.20 Å². The number of rotatable bonds is 2. The van der Waals surface area contributed by atoms with Gasteiger partial charge in [-0.05, 0) is 29.7 Å². The highest BCUT2D eigenvalue weighted by Gasteiger charge is 2.03. The van der Waals surface area contributed by atoms with Gasteiger partial charge < -0.3 is 0 Å². The Labute approximate surface area is 92.4 Å². The first-order valence-corrected chi connectivity index (χ1v) is 6.02. The number of hydrogen-bond acceptors (Lipinski definition) is 0. The summed E-state index contributed by atoms with van der Waals surface area (Å²) in [5.74, 6) is 0. The number of hydrogen-bond donors (Lipinski definition) is 0. The highest BCUT2D eigenvalue weighted by Crippen LogP contribution is 2.23. The molecule has 0 aliphatic carbocycles. The summed E-state index contributed by atoms with van der Waals surface area (Å²) in [6.45, 7) is 2.14. The molecule has 0 unspecified atom stereocenters. The minimum atomic E-state index is 1.07. The fourth-order valence-electron chi connectivity index (χ4n) is 1.71. The van der Waals surface area contributed by atoms with Crippen molar-refractivity contribution in [1.82, 2.24) is 0 Å². The minimum absolute atomic E-state index is 1.07. The molecule has 0 bridgehead atoms. The van der Waals surface area contributed by atoms with Crippen LogP contribution in [0.1, 0.15) is 5.56 Å². The van der Waals surface area contributed by atoms with Gasteiger partial charge in [0.1, 0.15) is 0 Å². The summed E-state index contributed by atoms with van der Waals surface area (Å²) in [6.07, 6.45) is 3.94. The third-order valence-electron chi connectivity index (χ3n) is 2.51. The lowest BCUT2D eigenvalue weighted by molar-refractivity contribution is 1.47. The topological polar surface area (TPSA) is 0 Å². The summed E-state index contributed by atoms with van der Waals surface area (Å²) < 4.78 is 0. The predicted octanol–water partition coefficient (Wildman–Crippen LogP) is 3.67. The van der Waals surface area contributed by atoms with Crippen molar-refractivity contribution in [2.75, 3.05) is 0 Å². The maximum atomic E-state index is 3.94. The normalized spacial score (nSPS) is 10.5. The zero-order valence-electron chi connectivity index (χ0n) is 8.77. The van der Waals surface area contributed by atoms with Gasteiger partial charge in [-0.1, -0.05) is 57.0 Å². The maximum absolute atomic E-state index is 3.94. The summed E-state index contributed by atoms with van der Waals surface area (Å²) >= 11 is 0. The summed E-state index contributed by atoms with van der Waals surface area (Å²) in [6, 6.07) is 16.9. The van der Waals surface area contributed by atoms with Crippen LogP contribution in [-0.2, 0) is 0 Å². The molecule has 0 amide bonds. The van der Waals surface area contributed by atoms with Crippen LogP contribution in [0.4, 0.5) is 0 Å². The SMILES string of the molecule is C=Pc1ccccc1-c1ccccc1C. The molecule has 0 aromatic heterocycles. The van der Waals surface area contributed by atoms with Gasteiger partial charge in [-0.25, -0.2) is 0 Å².